The van der Waals surface area contributed by atoms with E-state index in [0.29, 0.717) is 18.8 Å². The first-order valence-corrected chi connectivity index (χ1v) is 6.05. The van der Waals surface area contributed by atoms with Crippen LogP contribution < -0.4 is 16.0 Å². The predicted molar refractivity (Wildman–Crippen MR) is 69.5 cm³/mol. The highest BCUT2D eigenvalue weighted by Gasteiger charge is 2.14. The van der Waals surface area contributed by atoms with Crippen molar-refractivity contribution in [3.05, 3.63) is 24.0 Å². The molecule has 7 heteroatoms. The molecule has 19 heavy (non-hydrogen) atoms. The van der Waals surface area contributed by atoms with E-state index in [2.05, 4.69) is 10.3 Å². The number of carbonyl (C=O) groups is 1. The summed E-state index contributed by atoms with van der Waals surface area (Å²) < 4.78 is 25.0. The number of hydrogen-bond acceptors (Lipinski definition) is 4. The van der Waals surface area contributed by atoms with Crippen molar-refractivity contribution in [1.82, 2.24) is 10.3 Å². The largest absolute Gasteiger partial charge is 0.364 e. The van der Waals surface area contributed by atoms with Crippen LogP contribution in [-0.2, 0) is 0 Å². The first kappa shape index (κ1) is 15.3. The van der Waals surface area contributed by atoms with Crippen LogP contribution in [-0.4, -0.2) is 43.5 Å². The van der Waals surface area contributed by atoms with E-state index in [1.807, 2.05) is 0 Å². The summed E-state index contributed by atoms with van der Waals surface area (Å²) >= 11 is 0. The van der Waals surface area contributed by atoms with E-state index in [4.69, 9.17) is 5.73 Å². The molecule has 1 aromatic heterocycles. The minimum Gasteiger partial charge on any atom is -0.364 e. The number of hydrogen-bond donors (Lipinski definition) is 2. The molecule has 0 aliphatic carbocycles. The molecule has 0 spiro atoms. The Balaban J connectivity index is 2.90. The maximum Gasteiger partial charge on any atom is 0.269 e. The number of halogens is 2. The fourth-order valence-electron chi connectivity index (χ4n) is 1.64. The summed E-state index contributed by atoms with van der Waals surface area (Å²) in [7, 11) is 0. The van der Waals surface area contributed by atoms with Crippen LogP contribution in [0.1, 0.15) is 17.4 Å². The summed E-state index contributed by atoms with van der Waals surface area (Å²) in [5, 5.41) is 2.61. The molecule has 0 bridgehead atoms. The lowest BCUT2D eigenvalue weighted by molar-refractivity contribution is 0.0951. The Kier molecular flexibility index (Phi) is 6.14. The lowest BCUT2D eigenvalue weighted by Crippen LogP contribution is -2.34. The van der Waals surface area contributed by atoms with E-state index in [9.17, 15) is 13.6 Å². The van der Waals surface area contributed by atoms with E-state index in [1.165, 1.54) is 17.2 Å². The molecule has 3 N–H and O–H groups in total. The lowest BCUT2D eigenvalue weighted by atomic mass is 10.2. The second kappa shape index (κ2) is 7.63. The van der Waals surface area contributed by atoms with E-state index < -0.39 is 13.0 Å². The van der Waals surface area contributed by atoms with Gasteiger partial charge >= 0.3 is 0 Å². The number of alkyl halides is 2. The van der Waals surface area contributed by atoms with Crippen LogP contribution >= 0.6 is 0 Å². The van der Waals surface area contributed by atoms with Crippen molar-refractivity contribution in [2.24, 2.45) is 5.73 Å². The van der Waals surface area contributed by atoms with Gasteiger partial charge in [-0.3, -0.25) is 9.78 Å². The summed E-state index contributed by atoms with van der Waals surface area (Å²) in [6, 6.07) is 3.07. The van der Waals surface area contributed by atoms with Gasteiger partial charge in [0.15, 0.2) is 0 Å². The Bertz CT molecular complexity index is 414. The zero-order chi connectivity index (χ0) is 14.3. The first-order chi connectivity index (χ1) is 9.08. The molecule has 5 nitrogen and oxygen atoms in total. The number of carbonyl (C=O) groups excluding carboxylic acids is 1. The van der Waals surface area contributed by atoms with Crippen molar-refractivity contribution in [1.29, 1.82) is 0 Å². The molecule has 0 atom stereocenters. The molecule has 0 aliphatic rings. The standard InChI is InChI=1S/C12H18F2N4O/c1-2-16-12(19)10-7-9(3-5-17-10)18(6-4-15)8-11(13)14/h3,5,7,11H,2,4,6,8,15H2,1H3,(H,16,19). The number of nitrogens with two attached hydrogens (primary N) is 1. The summed E-state index contributed by atoms with van der Waals surface area (Å²) in [6.45, 7) is 2.40. The molecule has 0 fully saturated rings. The van der Waals surface area contributed by atoms with Crippen molar-refractivity contribution in [3.8, 4) is 0 Å². The van der Waals surface area contributed by atoms with Crippen LogP contribution in [0.2, 0.25) is 0 Å². The van der Waals surface area contributed by atoms with Gasteiger partial charge in [-0.15, -0.1) is 0 Å². The minimum absolute atomic E-state index is 0.204. The number of aromatic nitrogens is 1. The first-order valence-electron chi connectivity index (χ1n) is 6.05. The molecular weight excluding hydrogens is 254 g/mol. The van der Waals surface area contributed by atoms with Gasteiger partial charge < -0.3 is 16.0 Å². The van der Waals surface area contributed by atoms with Gasteiger partial charge in [-0.1, -0.05) is 0 Å². The Labute approximate surface area is 110 Å². The zero-order valence-corrected chi connectivity index (χ0v) is 10.8. The van der Waals surface area contributed by atoms with Crippen LogP contribution in [0.4, 0.5) is 14.5 Å². The zero-order valence-electron chi connectivity index (χ0n) is 10.8. The van der Waals surface area contributed by atoms with Gasteiger partial charge in [-0.25, -0.2) is 8.78 Å². The molecule has 1 heterocycles. The Hall–Kier alpha value is -1.76. The molecule has 0 aliphatic heterocycles. The molecule has 106 valence electrons. The normalized spacial score (nSPS) is 10.6. The molecule has 1 rings (SSSR count). The SMILES string of the molecule is CCNC(=O)c1cc(N(CCN)CC(F)F)ccn1. The molecule has 0 unspecified atom stereocenters. The fourth-order valence-corrected chi connectivity index (χ4v) is 1.64. The highest BCUT2D eigenvalue weighted by Crippen LogP contribution is 2.15. The van der Waals surface area contributed by atoms with Crippen molar-refractivity contribution in [2.45, 2.75) is 13.3 Å². The number of amides is 1. The third-order valence-electron chi connectivity index (χ3n) is 2.44. The second-order valence-electron chi connectivity index (χ2n) is 3.88. The van der Waals surface area contributed by atoms with Crippen LogP contribution in [0, 0.1) is 0 Å². The van der Waals surface area contributed by atoms with Gasteiger partial charge in [-0.05, 0) is 19.1 Å². The van der Waals surface area contributed by atoms with E-state index >= 15 is 0 Å². The maximum absolute atomic E-state index is 12.5. The number of nitrogens with one attached hydrogen (secondary N) is 1. The van der Waals surface area contributed by atoms with Crippen LogP contribution in [0.25, 0.3) is 0 Å². The Morgan fingerprint density at radius 3 is 2.89 bits per heavy atom. The third-order valence-corrected chi connectivity index (χ3v) is 2.44. The lowest BCUT2D eigenvalue weighted by Gasteiger charge is -2.23. The molecule has 0 saturated carbocycles. The number of rotatable bonds is 7. The number of pyridine rings is 1. The molecule has 0 saturated heterocycles. The quantitative estimate of drug-likeness (QED) is 0.772. The minimum atomic E-state index is -2.47. The predicted octanol–water partition coefficient (Wildman–Crippen LogP) is 0.861. The number of anilines is 1. The highest BCUT2D eigenvalue weighted by molar-refractivity contribution is 5.93. The van der Waals surface area contributed by atoms with Crippen molar-refractivity contribution < 1.29 is 13.6 Å². The molecule has 0 radical (unpaired) electrons. The van der Waals surface area contributed by atoms with Gasteiger partial charge in [0, 0.05) is 31.5 Å². The smallest absolute Gasteiger partial charge is 0.269 e. The van der Waals surface area contributed by atoms with Crippen LogP contribution in [0.5, 0.6) is 0 Å². The van der Waals surface area contributed by atoms with Gasteiger partial charge in [0.25, 0.3) is 12.3 Å². The van der Waals surface area contributed by atoms with Crippen LogP contribution in [0.15, 0.2) is 18.3 Å². The monoisotopic (exact) mass is 272 g/mol. The van der Waals surface area contributed by atoms with Crippen molar-refractivity contribution in [3.63, 3.8) is 0 Å². The average molecular weight is 272 g/mol. The van der Waals surface area contributed by atoms with Gasteiger partial charge in [-0.2, -0.15) is 0 Å². The van der Waals surface area contributed by atoms with E-state index in [1.54, 1.807) is 13.0 Å². The van der Waals surface area contributed by atoms with Gasteiger partial charge in [0.05, 0.1) is 6.54 Å². The third kappa shape index (κ3) is 4.78. The number of nitrogens with zero attached hydrogens (tertiary/aromatic N) is 2. The summed E-state index contributed by atoms with van der Waals surface area (Å²) in [4.78, 5) is 17.0. The van der Waals surface area contributed by atoms with E-state index in [-0.39, 0.29) is 18.1 Å². The summed E-state index contributed by atoms with van der Waals surface area (Å²) in [6.07, 6.45) is -1.04. The average Bonchev–Trinajstić information content (AvgIpc) is 2.38. The van der Waals surface area contributed by atoms with E-state index in [0.717, 1.165) is 0 Å². The highest BCUT2D eigenvalue weighted by atomic mass is 19.3. The van der Waals surface area contributed by atoms with Crippen molar-refractivity contribution >= 4 is 11.6 Å². The second-order valence-corrected chi connectivity index (χ2v) is 3.88. The van der Waals surface area contributed by atoms with Gasteiger partial charge in [0.2, 0.25) is 0 Å². The van der Waals surface area contributed by atoms with Gasteiger partial charge in [0.1, 0.15) is 5.69 Å². The molecule has 1 aromatic rings. The van der Waals surface area contributed by atoms with Crippen LogP contribution in [0.3, 0.4) is 0 Å². The topological polar surface area (TPSA) is 71.2 Å². The Morgan fingerprint density at radius 1 is 1.58 bits per heavy atom. The summed E-state index contributed by atoms with van der Waals surface area (Å²) in [5.41, 5.74) is 6.13. The Morgan fingerprint density at radius 2 is 2.32 bits per heavy atom. The maximum atomic E-state index is 12.5. The molecule has 1 amide bonds. The fraction of sp³-hybridized carbons (Fsp3) is 0.500. The molecule has 0 aromatic carbocycles. The summed E-state index contributed by atoms with van der Waals surface area (Å²) in [5.74, 6) is -0.325. The molecular formula is C12H18F2N4O. The van der Waals surface area contributed by atoms with Crippen molar-refractivity contribution in [2.75, 3.05) is 31.1 Å².